The summed E-state index contributed by atoms with van der Waals surface area (Å²) in [5, 5.41) is 17.1. The van der Waals surface area contributed by atoms with Gasteiger partial charge in [-0.1, -0.05) is 31.9 Å². The third-order valence-corrected chi connectivity index (χ3v) is 7.05. The highest BCUT2D eigenvalue weighted by Crippen LogP contribution is 2.23. The van der Waals surface area contributed by atoms with Crippen molar-refractivity contribution in [2.75, 3.05) is 36.4 Å². The number of pyridine rings is 1. The number of piperazine rings is 1. The number of fused-ring (bicyclic) bond motifs is 1. The van der Waals surface area contributed by atoms with Gasteiger partial charge in [0.15, 0.2) is 11.5 Å². The highest BCUT2D eigenvalue weighted by molar-refractivity contribution is 5.77. The van der Waals surface area contributed by atoms with Gasteiger partial charge in [0.05, 0.1) is 18.8 Å². The van der Waals surface area contributed by atoms with Crippen LogP contribution in [0, 0.1) is 0 Å². The first kappa shape index (κ1) is 26.6. The Morgan fingerprint density at radius 1 is 1.10 bits per heavy atom. The van der Waals surface area contributed by atoms with Crippen molar-refractivity contribution < 1.29 is 5.11 Å². The van der Waals surface area contributed by atoms with Gasteiger partial charge in [-0.25, -0.2) is 19.3 Å². The van der Waals surface area contributed by atoms with Crippen LogP contribution in [0.1, 0.15) is 37.4 Å². The molecule has 1 aliphatic rings. The molecular formula is C29H36N8O2. The molecule has 0 unspecified atom stereocenters. The van der Waals surface area contributed by atoms with Crippen LogP contribution >= 0.6 is 0 Å². The number of aromatic nitrogens is 5. The lowest BCUT2D eigenvalue weighted by molar-refractivity contribution is 0.275. The number of aryl methyl sites for hydroxylation is 1. The minimum Gasteiger partial charge on any atom is -0.390 e. The van der Waals surface area contributed by atoms with Crippen molar-refractivity contribution in [1.82, 2.24) is 29.6 Å². The molecule has 0 radical (unpaired) electrons. The number of unbranched alkanes of at least 4 members (excludes halogenated alkanes) is 2. The van der Waals surface area contributed by atoms with Gasteiger partial charge in [-0.3, -0.25) is 4.79 Å². The molecule has 4 aromatic rings. The van der Waals surface area contributed by atoms with Crippen LogP contribution in [0.15, 0.2) is 60.0 Å². The van der Waals surface area contributed by atoms with Crippen LogP contribution < -0.4 is 21.1 Å². The topological polar surface area (TPSA) is 113 Å². The number of allylic oxidation sites excluding steroid dienone is 1. The number of hydrogen-bond donors (Lipinski definition) is 3. The SMILES string of the molecule is C=CCn1c(=O)c2cnc(Nc3ccc(N4CCNCC4)cc3)nc2n1-c1ccc(CCCCC)c(CO)n1. The fourth-order valence-corrected chi connectivity index (χ4v) is 4.98. The smallest absolute Gasteiger partial charge is 0.278 e. The number of hydrogen-bond acceptors (Lipinski definition) is 8. The van der Waals surface area contributed by atoms with Gasteiger partial charge in [-0.15, -0.1) is 6.58 Å². The second kappa shape index (κ2) is 12.2. The first-order chi connectivity index (χ1) is 19.1. The molecule has 3 N–H and O–H groups in total. The van der Waals surface area contributed by atoms with Crippen LogP contribution in [0.5, 0.6) is 0 Å². The zero-order valence-corrected chi connectivity index (χ0v) is 22.4. The summed E-state index contributed by atoms with van der Waals surface area (Å²) in [7, 11) is 0. The Labute approximate surface area is 228 Å². The predicted octanol–water partition coefficient (Wildman–Crippen LogP) is 3.54. The number of nitrogens with zero attached hydrogens (tertiary/aromatic N) is 6. The fourth-order valence-electron chi connectivity index (χ4n) is 4.98. The van der Waals surface area contributed by atoms with Gasteiger partial charge in [-0.2, -0.15) is 4.98 Å². The molecule has 0 bridgehead atoms. The highest BCUT2D eigenvalue weighted by Gasteiger charge is 2.19. The van der Waals surface area contributed by atoms with Gasteiger partial charge in [0.25, 0.3) is 5.56 Å². The Bertz CT molecular complexity index is 1490. The van der Waals surface area contributed by atoms with Gasteiger partial charge in [-0.05, 0) is 48.7 Å². The second-order valence-corrected chi connectivity index (χ2v) is 9.72. The molecule has 0 aliphatic carbocycles. The summed E-state index contributed by atoms with van der Waals surface area (Å²) in [4.78, 5) is 29.5. The van der Waals surface area contributed by atoms with Crippen LogP contribution in [-0.2, 0) is 19.6 Å². The number of aliphatic hydroxyl groups excluding tert-OH is 1. The van der Waals surface area contributed by atoms with Crippen LogP contribution in [0.4, 0.5) is 17.3 Å². The van der Waals surface area contributed by atoms with E-state index < -0.39 is 0 Å². The molecule has 10 nitrogen and oxygen atoms in total. The molecule has 0 atom stereocenters. The van der Waals surface area contributed by atoms with Crippen molar-refractivity contribution in [3.63, 3.8) is 0 Å². The van der Waals surface area contributed by atoms with Crippen LogP contribution in [0.2, 0.25) is 0 Å². The van der Waals surface area contributed by atoms with E-state index in [-0.39, 0.29) is 18.7 Å². The second-order valence-electron chi connectivity index (χ2n) is 9.72. The van der Waals surface area contributed by atoms with Gasteiger partial charge in [0, 0.05) is 43.8 Å². The number of anilines is 3. The maximum atomic E-state index is 13.3. The van der Waals surface area contributed by atoms with Gasteiger partial charge in [0.1, 0.15) is 5.39 Å². The molecule has 1 saturated heterocycles. The molecule has 10 heteroatoms. The van der Waals surface area contributed by atoms with E-state index in [1.165, 1.54) is 5.69 Å². The lowest BCUT2D eigenvalue weighted by atomic mass is 10.1. The highest BCUT2D eigenvalue weighted by atomic mass is 16.3. The number of nitrogens with one attached hydrogen (secondary N) is 2. The summed E-state index contributed by atoms with van der Waals surface area (Å²) in [6.07, 6.45) is 7.35. The van der Waals surface area contributed by atoms with E-state index in [2.05, 4.69) is 46.2 Å². The first-order valence-electron chi connectivity index (χ1n) is 13.6. The lowest BCUT2D eigenvalue weighted by Crippen LogP contribution is -2.43. The van der Waals surface area contributed by atoms with E-state index in [1.54, 1.807) is 21.6 Å². The van der Waals surface area contributed by atoms with Crippen molar-refractivity contribution in [2.24, 2.45) is 0 Å². The quantitative estimate of drug-likeness (QED) is 0.200. The molecule has 39 heavy (non-hydrogen) atoms. The van der Waals surface area contributed by atoms with E-state index in [4.69, 9.17) is 9.97 Å². The van der Waals surface area contributed by atoms with Crippen molar-refractivity contribution in [2.45, 2.75) is 45.8 Å². The van der Waals surface area contributed by atoms with Crippen molar-refractivity contribution in [3.05, 3.63) is 76.9 Å². The molecular weight excluding hydrogens is 492 g/mol. The number of aliphatic hydroxyl groups is 1. The monoisotopic (exact) mass is 528 g/mol. The molecule has 204 valence electrons. The van der Waals surface area contributed by atoms with E-state index in [1.807, 2.05) is 24.3 Å². The molecule has 1 aliphatic heterocycles. The van der Waals surface area contributed by atoms with Gasteiger partial charge in [0.2, 0.25) is 5.95 Å². The fraction of sp³-hybridized carbons (Fsp3) is 0.379. The number of benzene rings is 1. The first-order valence-corrected chi connectivity index (χ1v) is 13.6. The summed E-state index contributed by atoms with van der Waals surface area (Å²) < 4.78 is 3.23. The molecule has 0 amide bonds. The molecule has 3 aromatic heterocycles. The summed E-state index contributed by atoms with van der Waals surface area (Å²) in [6, 6.07) is 12.1. The van der Waals surface area contributed by atoms with Crippen molar-refractivity contribution in [1.29, 1.82) is 0 Å². The average Bonchev–Trinajstić information content (AvgIpc) is 3.24. The maximum Gasteiger partial charge on any atom is 0.278 e. The standard InChI is InChI=1S/C29H36N8O2/c1-3-5-6-7-21-8-13-26(33-25(21)20-38)37-27-24(28(39)36(37)16-4-2)19-31-29(34-27)32-22-9-11-23(12-10-22)35-17-14-30-15-18-35/h4,8-13,19,30,38H,2-3,5-7,14-18,20H2,1H3,(H,31,32,34). The number of rotatable bonds is 11. The van der Waals surface area contributed by atoms with Crippen molar-refractivity contribution in [3.8, 4) is 5.82 Å². The maximum absolute atomic E-state index is 13.3. The van der Waals surface area contributed by atoms with Crippen LogP contribution in [0.25, 0.3) is 16.9 Å². The minimum atomic E-state index is -0.226. The van der Waals surface area contributed by atoms with Gasteiger partial charge < -0.3 is 20.6 Å². The molecule has 1 fully saturated rings. The van der Waals surface area contributed by atoms with E-state index >= 15 is 0 Å². The third-order valence-electron chi connectivity index (χ3n) is 7.05. The summed E-state index contributed by atoms with van der Waals surface area (Å²) in [6.45, 7) is 10.0. The lowest BCUT2D eigenvalue weighted by Gasteiger charge is -2.29. The Morgan fingerprint density at radius 2 is 1.90 bits per heavy atom. The molecule has 0 saturated carbocycles. The van der Waals surface area contributed by atoms with Crippen LogP contribution in [0.3, 0.4) is 0 Å². The predicted molar refractivity (Wildman–Crippen MR) is 155 cm³/mol. The Hall–Kier alpha value is -4.02. The Balaban J connectivity index is 1.49. The summed E-state index contributed by atoms with van der Waals surface area (Å²) in [5.74, 6) is 0.887. The van der Waals surface area contributed by atoms with Crippen molar-refractivity contribution >= 4 is 28.4 Å². The molecule has 4 heterocycles. The van der Waals surface area contributed by atoms with Crippen LogP contribution in [-0.4, -0.2) is 55.6 Å². The van der Waals surface area contributed by atoms with E-state index in [9.17, 15) is 9.90 Å². The van der Waals surface area contributed by atoms with E-state index in [0.29, 0.717) is 28.5 Å². The average molecular weight is 529 g/mol. The molecule has 0 spiro atoms. The largest absolute Gasteiger partial charge is 0.390 e. The zero-order chi connectivity index (χ0) is 27.2. The Kier molecular flexibility index (Phi) is 8.33. The summed E-state index contributed by atoms with van der Waals surface area (Å²) >= 11 is 0. The normalized spacial score (nSPS) is 13.6. The zero-order valence-electron chi connectivity index (χ0n) is 22.4. The molecule has 1 aromatic carbocycles. The van der Waals surface area contributed by atoms with E-state index in [0.717, 1.165) is 63.1 Å². The minimum absolute atomic E-state index is 0.175. The van der Waals surface area contributed by atoms with Gasteiger partial charge >= 0.3 is 0 Å². The molecule has 5 rings (SSSR count). The third kappa shape index (κ3) is 5.71. The summed E-state index contributed by atoms with van der Waals surface area (Å²) in [5.41, 5.74) is 3.87. The Morgan fingerprint density at radius 3 is 2.62 bits per heavy atom.